The molecule has 1 aromatic rings. The first kappa shape index (κ1) is 16.6. The number of hydrogen-bond acceptors (Lipinski definition) is 4. The molecule has 3 N–H and O–H groups in total. The maximum atomic E-state index is 11.8. The van der Waals surface area contributed by atoms with E-state index < -0.39 is 0 Å². The summed E-state index contributed by atoms with van der Waals surface area (Å²) in [4.78, 5) is 13.7. The molecule has 112 valence electrons. The van der Waals surface area contributed by atoms with E-state index in [1.54, 1.807) is 0 Å². The standard InChI is InChI=1S/C15H24N2O3/c1-13-4-2-5-14(12-13)16-15(20)6-3-7-17(8-10-18)9-11-19/h2,4-5,12,18-19H,3,6-11H2,1H3,(H,16,20). The Morgan fingerprint density at radius 3 is 2.50 bits per heavy atom. The van der Waals surface area contributed by atoms with Crippen LogP contribution in [0.4, 0.5) is 5.69 Å². The molecular weight excluding hydrogens is 256 g/mol. The van der Waals surface area contributed by atoms with E-state index in [0.717, 1.165) is 11.3 Å². The van der Waals surface area contributed by atoms with Gasteiger partial charge >= 0.3 is 0 Å². The topological polar surface area (TPSA) is 72.8 Å². The van der Waals surface area contributed by atoms with Crippen LogP contribution in [0.5, 0.6) is 0 Å². The van der Waals surface area contributed by atoms with Gasteiger partial charge in [0.25, 0.3) is 0 Å². The van der Waals surface area contributed by atoms with Gasteiger partial charge in [0, 0.05) is 25.2 Å². The summed E-state index contributed by atoms with van der Waals surface area (Å²) < 4.78 is 0. The maximum absolute atomic E-state index is 11.8. The number of rotatable bonds is 9. The van der Waals surface area contributed by atoms with Gasteiger partial charge in [0.1, 0.15) is 0 Å². The van der Waals surface area contributed by atoms with Crippen molar-refractivity contribution in [2.75, 3.05) is 38.2 Å². The minimum atomic E-state index is -0.0106. The summed E-state index contributed by atoms with van der Waals surface area (Å²) in [5, 5.41) is 20.6. The van der Waals surface area contributed by atoms with Crippen molar-refractivity contribution in [3.8, 4) is 0 Å². The fourth-order valence-electron chi connectivity index (χ4n) is 2.03. The Bertz CT molecular complexity index is 404. The molecule has 1 amide bonds. The lowest BCUT2D eigenvalue weighted by Crippen LogP contribution is -2.31. The molecule has 0 bridgehead atoms. The van der Waals surface area contributed by atoms with Gasteiger partial charge in [-0.05, 0) is 37.6 Å². The first-order valence-electron chi connectivity index (χ1n) is 6.96. The van der Waals surface area contributed by atoms with E-state index in [1.165, 1.54) is 0 Å². The lowest BCUT2D eigenvalue weighted by atomic mass is 10.2. The smallest absolute Gasteiger partial charge is 0.224 e. The fraction of sp³-hybridized carbons (Fsp3) is 0.533. The zero-order valence-electron chi connectivity index (χ0n) is 12.0. The SMILES string of the molecule is Cc1cccc(NC(=O)CCCN(CCO)CCO)c1. The predicted octanol–water partition coefficient (Wildman–Crippen LogP) is 1.00. The Morgan fingerprint density at radius 2 is 1.90 bits per heavy atom. The van der Waals surface area contributed by atoms with Crippen LogP contribution in [0.1, 0.15) is 18.4 Å². The highest BCUT2D eigenvalue weighted by atomic mass is 16.3. The van der Waals surface area contributed by atoms with E-state index in [2.05, 4.69) is 5.32 Å². The first-order valence-corrected chi connectivity index (χ1v) is 6.96. The average Bonchev–Trinajstić information content (AvgIpc) is 2.39. The predicted molar refractivity (Wildman–Crippen MR) is 79.7 cm³/mol. The summed E-state index contributed by atoms with van der Waals surface area (Å²) in [6, 6.07) is 7.70. The van der Waals surface area contributed by atoms with E-state index in [-0.39, 0.29) is 19.1 Å². The summed E-state index contributed by atoms with van der Waals surface area (Å²) in [5.41, 5.74) is 1.93. The molecule has 0 aliphatic rings. The highest BCUT2D eigenvalue weighted by Gasteiger charge is 2.06. The van der Waals surface area contributed by atoms with Crippen LogP contribution in [0.2, 0.25) is 0 Å². The van der Waals surface area contributed by atoms with Crippen molar-refractivity contribution >= 4 is 11.6 Å². The molecule has 0 saturated carbocycles. The van der Waals surface area contributed by atoms with Gasteiger partial charge in [-0.25, -0.2) is 0 Å². The molecule has 0 aliphatic heterocycles. The molecule has 1 aromatic carbocycles. The van der Waals surface area contributed by atoms with Crippen molar-refractivity contribution in [2.45, 2.75) is 19.8 Å². The van der Waals surface area contributed by atoms with Crippen molar-refractivity contribution in [3.63, 3.8) is 0 Å². The van der Waals surface area contributed by atoms with Gasteiger partial charge in [-0.3, -0.25) is 9.69 Å². The summed E-state index contributed by atoms with van der Waals surface area (Å²) in [7, 11) is 0. The second-order valence-corrected chi connectivity index (χ2v) is 4.81. The Hall–Kier alpha value is -1.43. The lowest BCUT2D eigenvalue weighted by Gasteiger charge is -2.19. The maximum Gasteiger partial charge on any atom is 0.224 e. The average molecular weight is 280 g/mol. The zero-order valence-corrected chi connectivity index (χ0v) is 12.0. The van der Waals surface area contributed by atoms with Crippen molar-refractivity contribution in [1.29, 1.82) is 0 Å². The van der Waals surface area contributed by atoms with Gasteiger partial charge in [-0.1, -0.05) is 12.1 Å². The molecule has 5 nitrogen and oxygen atoms in total. The lowest BCUT2D eigenvalue weighted by molar-refractivity contribution is -0.116. The first-order chi connectivity index (χ1) is 9.65. The third-order valence-corrected chi connectivity index (χ3v) is 3.01. The van der Waals surface area contributed by atoms with Crippen molar-refractivity contribution < 1.29 is 15.0 Å². The van der Waals surface area contributed by atoms with Crippen molar-refractivity contribution in [3.05, 3.63) is 29.8 Å². The molecule has 0 atom stereocenters. The van der Waals surface area contributed by atoms with Gasteiger partial charge in [0.05, 0.1) is 13.2 Å². The van der Waals surface area contributed by atoms with Gasteiger partial charge in [0.2, 0.25) is 5.91 Å². The third-order valence-electron chi connectivity index (χ3n) is 3.01. The molecule has 0 radical (unpaired) electrons. The Labute approximate surface area is 120 Å². The van der Waals surface area contributed by atoms with Crippen LogP contribution in [-0.4, -0.2) is 53.9 Å². The number of nitrogens with zero attached hydrogens (tertiary/aromatic N) is 1. The molecule has 0 saturated heterocycles. The number of aliphatic hydroxyl groups excluding tert-OH is 2. The largest absolute Gasteiger partial charge is 0.395 e. The van der Waals surface area contributed by atoms with Gasteiger partial charge in [-0.2, -0.15) is 0 Å². The number of carbonyl (C=O) groups is 1. The Morgan fingerprint density at radius 1 is 1.20 bits per heavy atom. The van der Waals surface area contributed by atoms with Crippen LogP contribution in [0, 0.1) is 6.92 Å². The molecule has 0 spiro atoms. The number of aliphatic hydroxyl groups is 2. The number of anilines is 1. The van der Waals surface area contributed by atoms with Crippen LogP contribution in [0.3, 0.4) is 0 Å². The number of benzene rings is 1. The van der Waals surface area contributed by atoms with E-state index in [0.29, 0.717) is 32.5 Å². The minimum Gasteiger partial charge on any atom is -0.395 e. The van der Waals surface area contributed by atoms with Crippen LogP contribution < -0.4 is 5.32 Å². The van der Waals surface area contributed by atoms with Crippen LogP contribution in [0.15, 0.2) is 24.3 Å². The summed E-state index contributed by atoms with van der Waals surface area (Å²) >= 11 is 0. The van der Waals surface area contributed by atoms with Gasteiger partial charge in [0.15, 0.2) is 0 Å². The van der Waals surface area contributed by atoms with Crippen LogP contribution in [0.25, 0.3) is 0 Å². The van der Waals surface area contributed by atoms with Gasteiger partial charge in [-0.15, -0.1) is 0 Å². The second-order valence-electron chi connectivity index (χ2n) is 4.81. The third kappa shape index (κ3) is 6.65. The fourth-order valence-corrected chi connectivity index (χ4v) is 2.03. The molecule has 0 heterocycles. The summed E-state index contributed by atoms with van der Waals surface area (Å²) in [6.07, 6.45) is 1.14. The normalized spacial score (nSPS) is 10.8. The molecule has 0 unspecified atom stereocenters. The quantitative estimate of drug-likeness (QED) is 0.631. The van der Waals surface area contributed by atoms with Crippen molar-refractivity contribution in [1.82, 2.24) is 4.90 Å². The molecule has 0 aromatic heterocycles. The molecule has 0 aliphatic carbocycles. The van der Waals surface area contributed by atoms with Crippen molar-refractivity contribution in [2.24, 2.45) is 0 Å². The molecule has 0 fully saturated rings. The number of nitrogens with one attached hydrogen (secondary N) is 1. The van der Waals surface area contributed by atoms with E-state index in [9.17, 15) is 4.79 Å². The van der Waals surface area contributed by atoms with Crippen LogP contribution >= 0.6 is 0 Å². The Balaban J connectivity index is 2.28. The van der Waals surface area contributed by atoms with Crippen LogP contribution in [-0.2, 0) is 4.79 Å². The number of carbonyl (C=O) groups excluding carboxylic acids is 1. The molecular formula is C15H24N2O3. The highest BCUT2D eigenvalue weighted by Crippen LogP contribution is 2.10. The number of amides is 1. The molecule has 1 rings (SSSR count). The van der Waals surface area contributed by atoms with E-state index in [4.69, 9.17) is 10.2 Å². The van der Waals surface area contributed by atoms with Gasteiger partial charge < -0.3 is 15.5 Å². The van der Waals surface area contributed by atoms with E-state index >= 15 is 0 Å². The number of hydrogen-bond donors (Lipinski definition) is 3. The minimum absolute atomic E-state index is 0.0106. The summed E-state index contributed by atoms with van der Waals surface area (Å²) in [5.74, 6) is -0.0106. The highest BCUT2D eigenvalue weighted by molar-refractivity contribution is 5.90. The molecule has 20 heavy (non-hydrogen) atoms. The van der Waals surface area contributed by atoms with E-state index in [1.807, 2.05) is 36.1 Å². The monoisotopic (exact) mass is 280 g/mol. The molecule has 5 heteroatoms. The zero-order chi connectivity index (χ0) is 14.8. The summed E-state index contributed by atoms with van der Waals surface area (Å²) in [6.45, 7) is 3.87. The number of aryl methyl sites for hydroxylation is 1. The second kappa shape index (κ2) is 9.47. The Kier molecular flexibility index (Phi) is 7.87.